The molecule has 3 atom stereocenters. The minimum Gasteiger partial charge on any atom is -0.497 e. The third-order valence-corrected chi connectivity index (χ3v) is 5.53. The molecule has 118 valence electrons. The van der Waals surface area contributed by atoms with Crippen LogP contribution in [0.25, 0.3) is 0 Å². The second-order valence-corrected chi connectivity index (χ2v) is 6.84. The van der Waals surface area contributed by atoms with Gasteiger partial charge < -0.3 is 14.4 Å². The SMILES string of the molecule is COc1ccc2c(c1)OCCN(C(=O)CC1CCC3CC13)C2. The number of carbonyl (C=O) groups excluding carboxylic acids is 1. The second-order valence-electron chi connectivity index (χ2n) is 6.84. The number of nitrogens with zero attached hydrogens (tertiary/aromatic N) is 1. The van der Waals surface area contributed by atoms with Crippen molar-refractivity contribution < 1.29 is 14.3 Å². The average molecular weight is 301 g/mol. The zero-order valence-corrected chi connectivity index (χ0v) is 13.1. The van der Waals surface area contributed by atoms with E-state index in [1.54, 1.807) is 7.11 Å². The van der Waals surface area contributed by atoms with E-state index < -0.39 is 0 Å². The van der Waals surface area contributed by atoms with Gasteiger partial charge in [0.05, 0.1) is 13.7 Å². The molecule has 3 aliphatic rings. The zero-order chi connectivity index (χ0) is 15.1. The lowest BCUT2D eigenvalue weighted by Gasteiger charge is -2.22. The van der Waals surface area contributed by atoms with E-state index in [4.69, 9.17) is 9.47 Å². The summed E-state index contributed by atoms with van der Waals surface area (Å²) in [6.45, 7) is 1.89. The molecular formula is C18H23NO3. The Balaban J connectivity index is 1.44. The lowest BCUT2D eigenvalue weighted by molar-refractivity contribution is -0.133. The van der Waals surface area contributed by atoms with Crippen molar-refractivity contribution in [3.8, 4) is 11.5 Å². The highest BCUT2D eigenvalue weighted by atomic mass is 16.5. The Morgan fingerprint density at radius 2 is 2.32 bits per heavy atom. The molecule has 4 heteroatoms. The van der Waals surface area contributed by atoms with Crippen molar-refractivity contribution in [1.29, 1.82) is 0 Å². The predicted octanol–water partition coefficient (Wildman–Crippen LogP) is 2.85. The van der Waals surface area contributed by atoms with Crippen LogP contribution in [-0.4, -0.2) is 31.1 Å². The van der Waals surface area contributed by atoms with Crippen molar-refractivity contribution >= 4 is 5.91 Å². The molecule has 1 aromatic rings. The van der Waals surface area contributed by atoms with Crippen LogP contribution < -0.4 is 9.47 Å². The zero-order valence-electron chi connectivity index (χ0n) is 13.1. The van der Waals surface area contributed by atoms with E-state index in [0.29, 0.717) is 31.5 Å². The van der Waals surface area contributed by atoms with E-state index in [9.17, 15) is 4.79 Å². The fraction of sp³-hybridized carbons (Fsp3) is 0.611. The van der Waals surface area contributed by atoms with Crippen LogP contribution in [-0.2, 0) is 11.3 Å². The van der Waals surface area contributed by atoms with Gasteiger partial charge in [-0.1, -0.05) is 0 Å². The number of carbonyl (C=O) groups is 1. The molecule has 1 amide bonds. The molecule has 0 saturated heterocycles. The number of hydrogen-bond donors (Lipinski definition) is 0. The molecule has 0 radical (unpaired) electrons. The molecule has 4 nitrogen and oxygen atoms in total. The van der Waals surface area contributed by atoms with Gasteiger partial charge in [0.15, 0.2) is 0 Å². The first kappa shape index (κ1) is 13.9. The summed E-state index contributed by atoms with van der Waals surface area (Å²) < 4.78 is 11.0. The van der Waals surface area contributed by atoms with Crippen molar-refractivity contribution in [2.75, 3.05) is 20.3 Å². The molecule has 22 heavy (non-hydrogen) atoms. The Bertz CT molecular complexity index is 586. The first-order chi connectivity index (χ1) is 10.7. The van der Waals surface area contributed by atoms with E-state index in [1.165, 1.54) is 19.3 Å². The minimum atomic E-state index is 0.296. The molecule has 3 unspecified atom stereocenters. The van der Waals surface area contributed by atoms with Gasteiger partial charge in [-0.05, 0) is 49.1 Å². The topological polar surface area (TPSA) is 38.8 Å². The van der Waals surface area contributed by atoms with E-state index in [0.717, 1.165) is 35.3 Å². The maximum Gasteiger partial charge on any atom is 0.223 e. The fourth-order valence-electron chi connectivity index (χ4n) is 4.12. The number of hydrogen-bond acceptors (Lipinski definition) is 3. The van der Waals surface area contributed by atoms with E-state index in [1.807, 2.05) is 23.1 Å². The molecule has 2 fully saturated rings. The quantitative estimate of drug-likeness (QED) is 0.861. The second kappa shape index (κ2) is 5.49. The lowest BCUT2D eigenvalue weighted by atomic mass is 9.98. The molecule has 0 bridgehead atoms. The first-order valence-corrected chi connectivity index (χ1v) is 8.32. The molecular weight excluding hydrogens is 278 g/mol. The number of fused-ring (bicyclic) bond motifs is 2. The van der Waals surface area contributed by atoms with Crippen molar-refractivity contribution in [1.82, 2.24) is 4.90 Å². The molecule has 0 N–H and O–H groups in total. The monoisotopic (exact) mass is 301 g/mol. The van der Waals surface area contributed by atoms with Crippen LogP contribution in [0.2, 0.25) is 0 Å². The molecule has 0 spiro atoms. The van der Waals surface area contributed by atoms with Gasteiger partial charge in [-0.3, -0.25) is 4.79 Å². The summed E-state index contributed by atoms with van der Waals surface area (Å²) in [5.74, 6) is 4.37. The predicted molar refractivity (Wildman–Crippen MR) is 82.8 cm³/mol. The molecule has 2 aliphatic carbocycles. The number of benzene rings is 1. The summed E-state index contributed by atoms with van der Waals surface area (Å²) in [5.41, 5.74) is 1.07. The van der Waals surface area contributed by atoms with Crippen LogP contribution >= 0.6 is 0 Å². The third kappa shape index (κ3) is 2.55. The van der Waals surface area contributed by atoms with Gasteiger partial charge >= 0.3 is 0 Å². The highest BCUT2D eigenvalue weighted by Gasteiger charge is 2.48. The van der Waals surface area contributed by atoms with Crippen molar-refractivity contribution in [3.05, 3.63) is 23.8 Å². The van der Waals surface area contributed by atoms with E-state index in [2.05, 4.69) is 0 Å². The molecule has 1 heterocycles. The Kier molecular flexibility index (Phi) is 3.47. The normalized spacial score (nSPS) is 29.1. The molecule has 2 saturated carbocycles. The highest BCUT2D eigenvalue weighted by Crippen LogP contribution is 2.56. The van der Waals surface area contributed by atoms with Crippen LogP contribution in [0.4, 0.5) is 0 Å². The van der Waals surface area contributed by atoms with Crippen LogP contribution in [0.1, 0.15) is 31.2 Å². The van der Waals surface area contributed by atoms with Crippen molar-refractivity contribution in [2.45, 2.75) is 32.2 Å². The van der Waals surface area contributed by atoms with Gasteiger partial charge in [-0.25, -0.2) is 0 Å². The van der Waals surface area contributed by atoms with E-state index in [-0.39, 0.29) is 0 Å². The van der Waals surface area contributed by atoms with Crippen LogP contribution in [0.3, 0.4) is 0 Å². The van der Waals surface area contributed by atoms with Crippen LogP contribution in [0, 0.1) is 17.8 Å². The van der Waals surface area contributed by atoms with Gasteiger partial charge in [0.2, 0.25) is 5.91 Å². The smallest absolute Gasteiger partial charge is 0.223 e. The maximum atomic E-state index is 12.6. The van der Waals surface area contributed by atoms with Crippen molar-refractivity contribution in [3.63, 3.8) is 0 Å². The number of rotatable bonds is 3. The molecule has 1 aliphatic heterocycles. The van der Waals surface area contributed by atoms with Crippen molar-refractivity contribution in [2.24, 2.45) is 17.8 Å². The van der Waals surface area contributed by atoms with Gasteiger partial charge in [-0.2, -0.15) is 0 Å². The average Bonchev–Trinajstić information content (AvgIpc) is 3.26. The Morgan fingerprint density at radius 3 is 3.05 bits per heavy atom. The number of methoxy groups -OCH3 is 1. The highest BCUT2D eigenvalue weighted by molar-refractivity contribution is 5.76. The number of ether oxygens (including phenoxy) is 2. The largest absolute Gasteiger partial charge is 0.497 e. The van der Waals surface area contributed by atoms with Crippen LogP contribution in [0.5, 0.6) is 11.5 Å². The lowest BCUT2D eigenvalue weighted by Crippen LogP contribution is -2.33. The number of amides is 1. The van der Waals surface area contributed by atoms with Gasteiger partial charge in [0, 0.05) is 24.6 Å². The summed E-state index contributed by atoms with van der Waals surface area (Å²) in [6.07, 6.45) is 4.68. The Morgan fingerprint density at radius 1 is 1.41 bits per heavy atom. The summed E-state index contributed by atoms with van der Waals surface area (Å²) >= 11 is 0. The summed E-state index contributed by atoms with van der Waals surface area (Å²) in [7, 11) is 1.65. The van der Waals surface area contributed by atoms with Crippen LogP contribution in [0.15, 0.2) is 18.2 Å². The maximum absolute atomic E-state index is 12.6. The molecule has 1 aromatic carbocycles. The van der Waals surface area contributed by atoms with Gasteiger partial charge in [-0.15, -0.1) is 0 Å². The first-order valence-electron chi connectivity index (χ1n) is 8.32. The fourth-order valence-corrected chi connectivity index (χ4v) is 4.12. The third-order valence-electron chi connectivity index (χ3n) is 5.53. The summed E-state index contributed by atoms with van der Waals surface area (Å²) in [4.78, 5) is 14.6. The summed E-state index contributed by atoms with van der Waals surface area (Å²) in [6, 6.07) is 5.85. The molecule has 0 aromatic heterocycles. The Hall–Kier alpha value is -1.71. The van der Waals surface area contributed by atoms with Gasteiger partial charge in [0.1, 0.15) is 18.1 Å². The standard InChI is InChI=1S/C18H23NO3/c1-21-15-5-4-14-11-19(6-7-22-17(14)10-15)18(20)9-13-3-2-12-8-16(12)13/h4-5,10,12-13,16H,2-3,6-9,11H2,1H3. The van der Waals surface area contributed by atoms with E-state index >= 15 is 0 Å². The molecule has 4 rings (SSSR count). The summed E-state index contributed by atoms with van der Waals surface area (Å²) in [5, 5.41) is 0. The minimum absolute atomic E-state index is 0.296. The Labute approximate surface area is 131 Å². The van der Waals surface area contributed by atoms with Gasteiger partial charge in [0.25, 0.3) is 0 Å².